The number of allylic oxidation sites excluding steroid dienone is 6. The van der Waals surface area contributed by atoms with Gasteiger partial charge in [0.25, 0.3) is 0 Å². The molecule has 1 heteroatoms. The molecule has 0 bridgehead atoms. The third-order valence-corrected chi connectivity index (χ3v) is 7.43. The molecular weight excluding hydrogens is 348 g/mol. The number of fused-ring (bicyclic) bond motifs is 1. The Morgan fingerprint density at radius 3 is 2.04 bits per heavy atom. The van der Waals surface area contributed by atoms with E-state index in [9.17, 15) is 0 Å². The van der Waals surface area contributed by atoms with Gasteiger partial charge < -0.3 is 0 Å². The number of rotatable bonds is 2. The van der Waals surface area contributed by atoms with Crippen LogP contribution in [0.2, 0.25) is 0 Å². The molecule has 0 aliphatic heterocycles. The molecule has 129 valence electrons. The minimum absolute atomic E-state index is 0.0701. The maximum atomic E-state index is 2.39. The van der Waals surface area contributed by atoms with Gasteiger partial charge in [0.1, 0.15) is 0 Å². The van der Waals surface area contributed by atoms with Gasteiger partial charge in [0.15, 0.2) is 0 Å². The fourth-order valence-electron chi connectivity index (χ4n) is 4.71. The van der Waals surface area contributed by atoms with Crippen molar-refractivity contribution in [3.05, 3.63) is 93.6 Å². The molecule has 0 saturated carbocycles. The predicted molar refractivity (Wildman–Crippen MR) is 107 cm³/mol. The van der Waals surface area contributed by atoms with Crippen molar-refractivity contribution in [1.29, 1.82) is 0 Å². The second-order valence-corrected chi connectivity index (χ2v) is 8.95. The van der Waals surface area contributed by atoms with Gasteiger partial charge in [-0.1, -0.05) is 0 Å². The van der Waals surface area contributed by atoms with E-state index in [1.54, 1.807) is 0 Å². The molecule has 0 aromatic heterocycles. The summed E-state index contributed by atoms with van der Waals surface area (Å²) in [6, 6.07) is 19.9. The van der Waals surface area contributed by atoms with Gasteiger partial charge in [-0.05, 0) is 0 Å². The van der Waals surface area contributed by atoms with Crippen molar-refractivity contribution in [2.45, 2.75) is 38.8 Å². The summed E-state index contributed by atoms with van der Waals surface area (Å²) in [4.78, 5) is 0. The first-order chi connectivity index (χ1) is 12.4. The van der Waals surface area contributed by atoms with Crippen molar-refractivity contribution >= 4 is 11.1 Å². The molecule has 2 aromatic rings. The standard InChI is InChI=1S/C25H25.Ti/c1-16-17(2)24(25(4,5)18(16)3)23-21-14-10-9-13-20(21)15-22(23)19-11-7-6-8-12-19;/h6-15H,1-5H3;. The van der Waals surface area contributed by atoms with Gasteiger partial charge in [-0.25, -0.2) is 0 Å². The molecule has 0 amide bonds. The Hall–Kier alpha value is -1.63. The zero-order valence-electron chi connectivity index (χ0n) is 16.3. The van der Waals surface area contributed by atoms with E-state index in [0.29, 0.717) is 4.22 Å². The number of hydrogen-bond donors (Lipinski definition) is 0. The average molecular weight is 373 g/mol. The molecule has 0 fully saturated rings. The van der Waals surface area contributed by atoms with E-state index in [1.807, 2.05) is 0 Å². The quantitative estimate of drug-likeness (QED) is 0.503. The van der Waals surface area contributed by atoms with Gasteiger partial charge in [-0.15, -0.1) is 0 Å². The van der Waals surface area contributed by atoms with Crippen LogP contribution in [0.25, 0.3) is 11.1 Å². The Kier molecular flexibility index (Phi) is 4.25. The average Bonchev–Trinajstić information content (AvgIpc) is 3.01. The van der Waals surface area contributed by atoms with E-state index in [2.05, 4.69) is 110 Å². The zero-order chi connectivity index (χ0) is 18.6. The molecule has 0 saturated heterocycles. The van der Waals surface area contributed by atoms with Crippen molar-refractivity contribution in [2.24, 2.45) is 5.41 Å². The van der Waals surface area contributed by atoms with E-state index >= 15 is 0 Å². The normalized spacial score (nSPS) is 21.6. The van der Waals surface area contributed by atoms with Crippen LogP contribution in [-0.4, -0.2) is 0 Å². The fraction of sp³-hybridized carbons (Fsp3) is 0.280. The van der Waals surface area contributed by atoms with E-state index in [1.165, 1.54) is 50.1 Å². The third-order valence-electron chi connectivity index (χ3n) is 6.50. The van der Waals surface area contributed by atoms with Crippen LogP contribution in [0.3, 0.4) is 0 Å². The summed E-state index contributed by atoms with van der Waals surface area (Å²) in [5.74, 6) is 0. The van der Waals surface area contributed by atoms with Gasteiger partial charge in [0.05, 0.1) is 0 Å². The molecule has 0 radical (unpaired) electrons. The minimum atomic E-state index is 0.0701. The van der Waals surface area contributed by atoms with Crippen LogP contribution in [0.15, 0.2) is 76.9 Å². The monoisotopic (exact) mass is 373 g/mol. The Balaban J connectivity index is 2.07. The van der Waals surface area contributed by atoms with Gasteiger partial charge in [0, 0.05) is 0 Å². The molecule has 0 nitrogen and oxygen atoms in total. The van der Waals surface area contributed by atoms with Crippen LogP contribution in [0, 0.1) is 5.41 Å². The summed E-state index contributed by atoms with van der Waals surface area (Å²) in [5.41, 5.74) is 13.2. The second kappa shape index (κ2) is 6.22. The molecule has 2 aliphatic rings. The van der Waals surface area contributed by atoms with Gasteiger partial charge >= 0.3 is 169 Å². The van der Waals surface area contributed by atoms with Crippen LogP contribution in [0.4, 0.5) is 0 Å². The summed E-state index contributed by atoms with van der Waals surface area (Å²) in [7, 11) is 0. The van der Waals surface area contributed by atoms with E-state index in [-0.39, 0.29) is 5.41 Å². The molecule has 0 heterocycles. The Morgan fingerprint density at radius 2 is 1.42 bits per heavy atom. The Labute approximate surface area is 169 Å². The topological polar surface area (TPSA) is 0 Å². The van der Waals surface area contributed by atoms with Crippen molar-refractivity contribution in [2.75, 3.05) is 0 Å². The Bertz CT molecular complexity index is 984. The van der Waals surface area contributed by atoms with Crippen molar-refractivity contribution in [3.63, 3.8) is 0 Å². The summed E-state index contributed by atoms with van der Waals surface area (Å²) < 4.78 is 0.418. The predicted octanol–water partition coefficient (Wildman–Crippen LogP) is 6.89. The Morgan fingerprint density at radius 1 is 0.808 bits per heavy atom. The fourth-order valence-corrected chi connectivity index (χ4v) is 5.59. The van der Waals surface area contributed by atoms with Crippen molar-refractivity contribution in [1.82, 2.24) is 0 Å². The SMILES string of the molecule is CC1=C(C)C(C)(C)C(C2=C(c3ccccc3)[CH]([Ti])c3ccccc32)=C1C. The summed E-state index contributed by atoms with van der Waals surface area (Å²) in [6.45, 7) is 11.7. The van der Waals surface area contributed by atoms with Crippen LogP contribution >= 0.6 is 0 Å². The molecule has 4 rings (SSSR count). The molecule has 2 aliphatic carbocycles. The first-order valence-electron chi connectivity index (χ1n) is 9.35. The van der Waals surface area contributed by atoms with E-state index in [0.717, 1.165) is 0 Å². The molecule has 1 atom stereocenters. The molecular formula is C25H25Ti. The molecule has 26 heavy (non-hydrogen) atoms. The van der Waals surface area contributed by atoms with Crippen LogP contribution in [-0.2, 0) is 20.4 Å². The maximum absolute atomic E-state index is 2.39. The number of hydrogen-bond acceptors (Lipinski definition) is 0. The van der Waals surface area contributed by atoms with Crippen LogP contribution in [0.5, 0.6) is 0 Å². The summed E-state index contributed by atoms with van der Waals surface area (Å²) in [6.07, 6.45) is 0. The van der Waals surface area contributed by atoms with Crippen molar-refractivity contribution in [3.8, 4) is 0 Å². The van der Waals surface area contributed by atoms with Gasteiger partial charge in [-0.2, -0.15) is 0 Å². The van der Waals surface area contributed by atoms with Crippen LogP contribution < -0.4 is 0 Å². The van der Waals surface area contributed by atoms with Crippen molar-refractivity contribution < 1.29 is 20.4 Å². The zero-order valence-corrected chi connectivity index (χ0v) is 17.8. The second-order valence-electron chi connectivity index (χ2n) is 8.05. The first kappa shape index (κ1) is 17.8. The molecule has 1 unspecified atom stereocenters. The van der Waals surface area contributed by atoms with Gasteiger partial charge in [-0.3, -0.25) is 0 Å². The first-order valence-corrected chi connectivity index (χ1v) is 10.3. The van der Waals surface area contributed by atoms with E-state index < -0.39 is 0 Å². The van der Waals surface area contributed by atoms with Gasteiger partial charge in [0.2, 0.25) is 0 Å². The van der Waals surface area contributed by atoms with E-state index in [4.69, 9.17) is 0 Å². The third kappa shape index (κ3) is 2.39. The van der Waals surface area contributed by atoms with Crippen LogP contribution in [0.1, 0.15) is 55.5 Å². The molecule has 0 spiro atoms. The number of benzene rings is 2. The molecule has 2 aromatic carbocycles. The summed E-state index contributed by atoms with van der Waals surface area (Å²) in [5, 5.41) is 0. The molecule has 0 N–H and O–H groups in total. The summed E-state index contributed by atoms with van der Waals surface area (Å²) >= 11 is 2.36.